The van der Waals surface area contributed by atoms with Crippen LogP contribution in [-0.2, 0) is 0 Å². The molecule has 0 aliphatic carbocycles. The molecule has 0 aromatic carbocycles. The maximum absolute atomic E-state index is 4.10. The molecule has 0 aliphatic heterocycles. The number of nitrogens with zero attached hydrogens (tertiary/aromatic N) is 3. The number of rotatable bonds is 5. The SMILES string of the molecule is C=C(C)CN(CC(=C)C)c1ncn[nH]1. The summed E-state index contributed by atoms with van der Waals surface area (Å²) in [4.78, 5) is 6.15. The van der Waals surface area contributed by atoms with Crippen LogP contribution in [0.4, 0.5) is 5.95 Å². The van der Waals surface area contributed by atoms with Crippen molar-refractivity contribution in [2.24, 2.45) is 0 Å². The van der Waals surface area contributed by atoms with Gasteiger partial charge >= 0.3 is 0 Å². The monoisotopic (exact) mass is 192 g/mol. The Morgan fingerprint density at radius 3 is 2.29 bits per heavy atom. The number of hydrogen-bond donors (Lipinski definition) is 1. The van der Waals surface area contributed by atoms with E-state index in [0.717, 1.165) is 30.2 Å². The third-order valence-electron chi connectivity index (χ3n) is 1.62. The zero-order valence-electron chi connectivity index (χ0n) is 8.75. The van der Waals surface area contributed by atoms with E-state index in [1.807, 2.05) is 13.8 Å². The van der Waals surface area contributed by atoms with Crippen LogP contribution < -0.4 is 4.90 Å². The fourth-order valence-electron chi connectivity index (χ4n) is 1.21. The number of aromatic amines is 1. The van der Waals surface area contributed by atoms with Crippen LogP contribution in [0.5, 0.6) is 0 Å². The minimum absolute atomic E-state index is 0.760. The molecule has 0 spiro atoms. The number of aromatic nitrogens is 3. The summed E-state index contributed by atoms with van der Waals surface area (Å²) in [7, 11) is 0. The Bertz CT molecular complexity index is 297. The molecule has 0 amide bonds. The van der Waals surface area contributed by atoms with Crippen molar-refractivity contribution in [2.45, 2.75) is 13.8 Å². The molecule has 0 unspecified atom stereocenters. The van der Waals surface area contributed by atoms with Gasteiger partial charge in [0, 0.05) is 13.1 Å². The highest BCUT2D eigenvalue weighted by Gasteiger charge is 2.08. The Morgan fingerprint density at radius 1 is 1.36 bits per heavy atom. The van der Waals surface area contributed by atoms with Crippen molar-refractivity contribution in [3.63, 3.8) is 0 Å². The van der Waals surface area contributed by atoms with Gasteiger partial charge in [-0.3, -0.25) is 0 Å². The molecule has 14 heavy (non-hydrogen) atoms. The van der Waals surface area contributed by atoms with E-state index < -0.39 is 0 Å². The Labute approximate surface area is 84.3 Å². The molecule has 0 aliphatic rings. The zero-order valence-corrected chi connectivity index (χ0v) is 8.75. The Balaban J connectivity index is 2.71. The van der Waals surface area contributed by atoms with Gasteiger partial charge in [0.15, 0.2) is 0 Å². The Morgan fingerprint density at radius 2 is 1.93 bits per heavy atom. The fourth-order valence-corrected chi connectivity index (χ4v) is 1.21. The number of hydrogen-bond acceptors (Lipinski definition) is 3. The van der Waals surface area contributed by atoms with Gasteiger partial charge in [0.1, 0.15) is 6.33 Å². The van der Waals surface area contributed by atoms with Gasteiger partial charge in [0.05, 0.1) is 0 Å². The smallest absolute Gasteiger partial charge is 0.221 e. The fraction of sp³-hybridized carbons (Fsp3) is 0.400. The van der Waals surface area contributed by atoms with Crippen LogP contribution in [-0.4, -0.2) is 28.3 Å². The molecule has 0 radical (unpaired) electrons. The lowest BCUT2D eigenvalue weighted by molar-refractivity contribution is 0.849. The molecule has 0 saturated heterocycles. The maximum Gasteiger partial charge on any atom is 0.221 e. The standard InChI is InChI=1S/C10H16N4/c1-8(2)5-14(6-9(3)4)10-11-7-12-13-10/h7H,1,3,5-6H2,2,4H3,(H,11,12,13). The van der Waals surface area contributed by atoms with Crippen molar-refractivity contribution < 1.29 is 0 Å². The Kier molecular flexibility index (Phi) is 3.45. The highest BCUT2D eigenvalue weighted by molar-refractivity contribution is 5.32. The van der Waals surface area contributed by atoms with E-state index in [0.29, 0.717) is 0 Å². The molecule has 4 nitrogen and oxygen atoms in total. The van der Waals surface area contributed by atoms with Crippen molar-refractivity contribution in [2.75, 3.05) is 18.0 Å². The number of H-pyrrole nitrogens is 1. The van der Waals surface area contributed by atoms with E-state index in [9.17, 15) is 0 Å². The second kappa shape index (κ2) is 4.60. The van der Waals surface area contributed by atoms with Gasteiger partial charge < -0.3 is 4.90 Å². The molecule has 4 heteroatoms. The third-order valence-corrected chi connectivity index (χ3v) is 1.62. The first kappa shape index (κ1) is 10.5. The first-order chi connectivity index (χ1) is 6.59. The summed E-state index contributed by atoms with van der Waals surface area (Å²) in [5.74, 6) is 0.760. The van der Waals surface area contributed by atoms with E-state index in [1.165, 1.54) is 6.33 Å². The van der Waals surface area contributed by atoms with Crippen LogP contribution in [0.25, 0.3) is 0 Å². The summed E-state index contributed by atoms with van der Waals surface area (Å²) in [6.45, 7) is 13.3. The van der Waals surface area contributed by atoms with Gasteiger partial charge in [-0.25, -0.2) is 5.10 Å². The van der Waals surface area contributed by atoms with Crippen molar-refractivity contribution in [1.82, 2.24) is 15.2 Å². The molecule has 1 N–H and O–H groups in total. The highest BCUT2D eigenvalue weighted by atomic mass is 15.3. The average Bonchev–Trinajstić information content (AvgIpc) is 2.52. The molecular formula is C10H16N4. The minimum atomic E-state index is 0.760. The van der Waals surface area contributed by atoms with Gasteiger partial charge in [0.25, 0.3) is 0 Å². The second-order valence-electron chi connectivity index (χ2n) is 3.58. The van der Waals surface area contributed by atoms with Crippen LogP contribution in [0.3, 0.4) is 0 Å². The predicted octanol–water partition coefficient (Wildman–Crippen LogP) is 1.76. The van der Waals surface area contributed by atoms with Crippen LogP contribution in [0.15, 0.2) is 30.6 Å². The Hall–Kier alpha value is -1.58. The van der Waals surface area contributed by atoms with Gasteiger partial charge in [-0.05, 0) is 13.8 Å². The molecule has 0 bridgehead atoms. The number of anilines is 1. The van der Waals surface area contributed by atoms with Gasteiger partial charge in [-0.2, -0.15) is 10.1 Å². The van der Waals surface area contributed by atoms with E-state index in [1.54, 1.807) is 0 Å². The molecule has 1 aromatic rings. The van der Waals surface area contributed by atoms with Gasteiger partial charge in [-0.15, -0.1) is 0 Å². The van der Waals surface area contributed by atoms with Crippen molar-refractivity contribution in [1.29, 1.82) is 0 Å². The molecular weight excluding hydrogens is 176 g/mol. The first-order valence-corrected chi connectivity index (χ1v) is 4.48. The lowest BCUT2D eigenvalue weighted by Gasteiger charge is -2.21. The van der Waals surface area contributed by atoms with Crippen LogP contribution >= 0.6 is 0 Å². The molecule has 1 rings (SSSR count). The van der Waals surface area contributed by atoms with Crippen molar-refractivity contribution >= 4 is 5.95 Å². The molecule has 0 atom stereocenters. The molecule has 1 heterocycles. The predicted molar refractivity (Wildman–Crippen MR) is 58.2 cm³/mol. The van der Waals surface area contributed by atoms with Gasteiger partial charge in [-0.1, -0.05) is 24.3 Å². The minimum Gasteiger partial charge on any atom is -0.333 e. The lowest BCUT2D eigenvalue weighted by atomic mass is 10.3. The van der Waals surface area contributed by atoms with E-state index in [2.05, 4.69) is 33.2 Å². The average molecular weight is 192 g/mol. The summed E-state index contributed by atoms with van der Waals surface area (Å²) in [5, 5.41) is 6.65. The molecule has 1 aromatic heterocycles. The summed E-state index contributed by atoms with van der Waals surface area (Å²) in [6.07, 6.45) is 1.50. The van der Waals surface area contributed by atoms with Crippen molar-refractivity contribution in [3.05, 3.63) is 30.6 Å². The normalized spacial score (nSPS) is 9.86. The molecule has 76 valence electrons. The molecule has 0 fully saturated rings. The zero-order chi connectivity index (χ0) is 10.6. The maximum atomic E-state index is 4.10. The van der Waals surface area contributed by atoms with Crippen LogP contribution in [0, 0.1) is 0 Å². The first-order valence-electron chi connectivity index (χ1n) is 4.48. The number of nitrogens with one attached hydrogen (secondary N) is 1. The van der Waals surface area contributed by atoms with Crippen LogP contribution in [0.1, 0.15) is 13.8 Å². The van der Waals surface area contributed by atoms with E-state index in [4.69, 9.17) is 0 Å². The van der Waals surface area contributed by atoms with Crippen molar-refractivity contribution in [3.8, 4) is 0 Å². The van der Waals surface area contributed by atoms with E-state index >= 15 is 0 Å². The second-order valence-corrected chi connectivity index (χ2v) is 3.58. The van der Waals surface area contributed by atoms with Gasteiger partial charge in [0.2, 0.25) is 5.95 Å². The third kappa shape index (κ3) is 3.05. The summed E-state index contributed by atoms with van der Waals surface area (Å²) < 4.78 is 0. The summed E-state index contributed by atoms with van der Waals surface area (Å²) >= 11 is 0. The lowest BCUT2D eigenvalue weighted by Crippen LogP contribution is -2.27. The topological polar surface area (TPSA) is 44.8 Å². The summed E-state index contributed by atoms with van der Waals surface area (Å²) in [6, 6.07) is 0. The van der Waals surface area contributed by atoms with Crippen LogP contribution in [0.2, 0.25) is 0 Å². The largest absolute Gasteiger partial charge is 0.333 e. The summed E-state index contributed by atoms with van der Waals surface area (Å²) in [5.41, 5.74) is 2.17. The van der Waals surface area contributed by atoms with E-state index in [-0.39, 0.29) is 0 Å². The quantitative estimate of drug-likeness (QED) is 0.723. The highest BCUT2D eigenvalue weighted by Crippen LogP contribution is 2.08. The molecule has 0 saturated carbocycles.